The van der Waals surface area contributed by atoms with E-state index < -0.39 is 0 Å². The zero-order valence-corrected chi connectivity index (χ0v) is 15.0. The zero-order chi connectivity index (χ0) is 18.2. The van der Waals surface area contributed by atoms with Gasteiger partial charge in [-0.25, -0.2) is 0 Å². The van der Waals surface area contributed by atoms with E-state index in [9.17, 15) is 9.59 Å². The van der Waals surface area contributed by atoms with E-state index in [1.54, 1.807) is 23.7 Å². The molecule has 0 aliphatic rings. The summed E-state index contributed by atoms with van der Waals surface area (Å²) in [6.07, 6.45) is 0.638. The minimum absolute atomic E-state index is 0.168. The van der Waals surface area contributed by atoms with Crippen LogP contribution in [0.1, 0.15) is 19.2 Å². The summed E-state index contributed by atoms with van der Waals surface area (Å²) < 4.78 is 7.24. The second kappa shape index (κ2) is 9.07. The largest absolute Gasteiger partial charge is 0.492 e. The molecule has 0 atom stereocenters. The van der Waals surface area contributed by atoms with Gasteiger partial charge in [0.05, 0.1) is 18.0 Å². The lowest BCUT2D eigenvalue weighted by molar-refractivity contribution is -0.118. The van der Waals surface area contributed by atoms with Crippen LogP contribution in [0.25, 0.3) is 0 Å². The van der Waals surface area contributed by atoms with Crippen molar-refractivity contribution in [2.75, 3.05) is 17.7 Å². The van der Waals surface area contributed by atoms with Crippen LogP contribution >= 0.6 is 11.8 Å². The quantitative estimate of drug-likeness (QED) is 0.651. The summed E-state index contributed by atoms with van der Waals surface area (Å²) in [4.78, 5) is 23.0. The average molecular weight is 363 g/mol. The summed E-state index contributed by atoms with van der Waals surface area (Å²) in [5.74, 6) is 0.921. The van der Waals surface area contributed by atoms with Gasteiger partial charge in [-0.2, -0.15) is 0 Å². The lowest BCUT2D eigenvalue weighted by Gasteiger charge is -2.11. The first-order valence-corrected chi connectivity index (χ1v) is 8.80. The Morgan fingerprint density at radius 1 is 1.32 bits per heavy atom. The van der Waals surface area contributed by atoms with Gasteiger partial charge < -0.3 is 20.4 Å². The van der Waals surface area contributed by atoms with Crippen LogP contribution in [0.5, 0.6) is 5.75 Å². The Hall–Kier alpha value is -2.55. The third kappa shape index (κ3) is 5.49. The molecule has 1 heterocycles. The first kappa shape index (κ1) is 18.8. The van der Waals surface area contributed by atoms with Crippen molar-refractivity contribution in [2.24, 2.45) is 12.8 Å². The van der Waals surface area contributed by atoms with Crippen LogP contribution in [0.15, 0.2) is 29.4 Å². The average Bonchev–Trinajstić information content (AvgIpc) is 2.93. The Kier molecular flexibility index (Phi) is 6.81. The van der Waals surface area contributed by atoms with E-state index in [0.717, 1.165) is 0 Å². The van der Waals surface area contributed by atoms with Gasteiger partial charge in [-0.15, -0.1) is 10.2 Å². The standard InChI is InChI=1S/C16H21N5O3S/c1-3-24-12-7-5-4-6-11(12)18-15(23)10-25-16-20-19-14(21(16)2)9-8-13(17)22/h4-7H,3,8-10H2,1-2H3,(H2,17,22)(H,18,23). The maximum atomic E-state index is 12.2. The van der Waals surface area contributed by atoms with Crippen molar-refractivity contribution in [3.05, 3.63) is 30.1 Å². The molecule has 3 N–H and O–H groups in total. The van der Waals surface area contributed by atoms with Gasteiger partial charge >= 0.3 is 0 Å². The van der Waals surface area contributed by atoms with Gasteiger partial charge in [0.15, 0.2) is 5.16 Å². The van der Waals surface area contributed by atoms with E-state index in [1.165, 1.54) is 11.8 Å². The number of aryl methyl sites for hydroxylation is 1. The fourth-order valence-electron chi connectivity index (χ4n) is 2.09. The summed E-state index contributed by atoms with van der Waals surface area (Å²) >= 11 is 1.27. The number of hydrogen-bond donors (Lipinski definition) is 2. The molecule has 2 aromatic rings. The molecule has 1 aromatic heterocycles. The first-order chi connectivity index (χ1) is 12.0. The maximum Gasteiger partial charge on any atom is 0.234 e. The number of primary amides is 1. The van der Waals surface area contributed by atoms with Crippen LogP contribution < -0.4 is 15.8 Å². The zero-order valence-electron chi connectivity index (χ0n) is 14.2. The molecule has 0 radical (unpaired) electrons. The molecule has 0 spiro atoms. The molecule has 2 amide bonds. The van der Waals surface area contributed by atoms with Gasteiger partial charge in [-0.05, 0) is 19.1 Å². The topological polar surface area (TPSA) is 112 Å². The van der Waals surface area contributed by atoms with Crippen LogP contribution in [0.4, 0.5) is 5.69 Å². The number of nitrogens with two attached hydrogens (primary N) is 1. The second-order valence-corrected chi connectivity index (χ2v) is 6.13. The highest BCUT2D eigenvalue weighted by Gasteiger charge is 2.13. The molecule has 0 aliphatic carbocycles. The molecule has 25 heavy (non-hydrogen) atoms. The number of carbonyl (C=O) groups excluding carboxylic acids is 2. The fourth-order valence-corrected chi connectivity index (χ4v) is 2.82. The highest BCUT2D eigenvalue weighted by molar-refractivity contribution is 7.99. The summed E-state index contributed by atoms with van der Waals surface area (Å²) in [6.45, 7) is 2.41. The SMILES string of the molecule is CCOc1ccccc1NC(=O)CSc1nnc(CCC(N)=O)n1C. The summed E-state index contributed by atoms with van der Waals surface area (Å²) in [7, 11) is 1.79. The van der Waals surface area contributed by atoms with E-state index in [-0.39, 0.29) is 24.0 Å². The van der Waals surface area contributed by atoms with Gasteiger partial charge in [-0.1, -0.05) is 23.9 Å². The summed E-state index contributed by atoms with van der Waals surface area (Å²) in [6, 6.07) is 7.28. The Bertz CT molecular complexity index is 747. The van der Waals surface area contributed by atoms with Gasteiger partial charge in [-0.3, -0.25) is 9.59 Å². The van der Waals surface area contributed by atoms with Gasteiger partial charge in [0.2, 0.25) is 11.8 Å². The predicted molar refractivity (Wildman–Crippen MR) is 95.5 cm³/mol. The number of nitrogens with one attached hydrogen (secondary N) is 1. The molecule has 2 rings (SSSR count). The van der Waals surface area contributed by atoms with Crippen LogP contribution in [-0.4, -0.2) is 38.9 Å². The molecule has 134 valence electrons. The van der Waals surface area contributed by atoms with E-state index in [0.29, 0.717) is 35.4 Å². The molecule has 0 saturated carbocycles. The number of aromatic nitrogens is 3. The monoisotopic (exact) mass is 363 g/mol. The Morgan fingerprint density at radius 2 is 2.08 bits per heavy atom. The smallest absolute Gasteiger partial charge is 0.234 e. The van der Waals surface area contributed by atoms with Gasteiger partial charge in [0.25, 0.3) is 0 Å². The lowest BCUT2D eigenvalue weighted by atomic mass is 10.3. The van der Waals surface area contributed by atoms with Crippen molar-refractivity contribution in [1.82, 2.24) is 14.8 Å². The highest BCUT2D eigenvalue weighted by Crippen LogP contribution is 2.24. The molecule has 9 heteroatoms. The number of thioether (sulfide) groups is 1. The van der Waals surface area contributed by atoms with E-state index in [4.69, 9.17) is 10.5 Å². The molecular weight excluding hydrogens is 342 g/mol. The molecule has 0 unspecified atom stereocenters. The number of amides is 2. The molecule has 1 aromatic carbocycles. The molecule has 0 fully saturated rings. The van der Waals surface area contributed by atoms with Crippen LogP contribution in [0.3, 0.4) is 0 Å². The number of para-hydroxylation sites is 2. The molecule has 0 saturated heterocycles. The predicted octanol–water partition coefficient (Wildman–Crippen LogP) is 1.36. The lowest BCUT2D eigenvalue weighted by Crippen LogP contribution is -2.15. The number of nitrogens with zero attached hydrogens (tertiary/aromatic N) is 3. The van der Waals surface area contributed by atoms with E-state index in [1.807, 2.05) is 19.1 Å². The number of rotatable bonds is 9. The normalized spacial score (nSPS) is 10.5. The minimum Gasteiger partial charge on any atom is -0.492 e. The second-order valence-electron chi connectivity index (χ2n) is 5.19. The van der Waals surface area contributed by atoms with Crippen LogP contribution in [0.2, 0.25) is 0 Å². The number of hydrogen-bond acceptors (Lipinski definition) is 6. The fraction of sp³-hybridized carbons (Fsp3) is 0.375. The van der Waals surface area contributed by atoms with Gasteiger partial charge in [0, 0.05) is 19.9 Å². The van der Waals surface area contributed by atoms with Crippen molar-refractivity contribution in [3.63, 3.8) is 0 Å². The van der Waals surface area contributed by atoms with Crippen molar-refractivity contribution >= 4 is 29.3 Å². The molecule has 0 aliphatic heterocycles. The number of carbonyl (C=O) groups is 2. The Morgan fingerprint density at radius 3 is 2.80 bits per heavy atom. The first-order valence-electron chi connectivity index (χ1n) is 7.82. The van der Waals surface area contributed by atoms with Crippen LogP contribution in [0, 0.1) is 0 Å². The highest BCUT2D eigenvalue weighted by atomic mass is 32.2. The molecule has 8 nitrogen and oxygen atoms in total. The Labute approximate surface area is 150 Å². The molecule has 0 bridgehead atoms. The van der Waals surface area contributed by atoms with E-state index in [2.05, 4.69) is 15.5 Å². The van der Waals surface area contributed by atoms with Crippen molar-refractivity contribution < 1.29 is 14.3 Å². The number of anilines is 1. The third-order valence-electron chi connectivity index (χ3n) is 3.31. The van der Waals surface area contributed by atoms with Crippen molar-refractivity contribution in [1.29, 1.82) is 0 Å². The Balaban J connectivity index is 1.91. The summed E-state index contributed by atoms with van der Waals surface area (Å²) in [5.41, 5.74) is 5.77. The number of ether oxygens (including phenoxy) is 1. The van der Waals surface area contributed by atoms with Crippen LogP contribution in [-0.2, 0) is 23.1 Å². The number of benzene rings is 1. The van der Waals surface area contributed by atoms with Crippen molar-refractivity contribution in [3.8, 4) is 5.75 Å². The maximum absolute atomic E-state index is 12.2. The minimum atomic E-state index is -0.385. The third-order valence-corrected chi connectivity index (χ3v) is 4.33. The van der Waals surface area contributed by atoms with E-state index >= 15 is 0 Å². The molecular formula is C16H21N5O3S. The van der Waals surface area contributed by atoms with Gasteiger partial charge in [0.1, 0.15) is 11.6 Å². The van der Waals surface area contributed by atoms with Crippen molar-refractivity contribution in [2.45, 2.75) is 24.9 Å². The summed E-state index contributed by atoms with van der Waals surface area (Å²) in [5, 5.41) is 11.5.